The summed E-state index contributed by atoms with van der Waals surface area (Å²) in [5.41, 5.74) is 1.14. The van der Waals surface area contributed by atoms with Gasteiger partial charge in [0, 0.05) is 45.4 Å². The van der Waals surface area contributed by atoms with E-state index in [0.29, 0.717) is 0 Å². The molecule has 0 bridgehead atoms. The van der Waals surface area contributed by atoms with Crippen molar-refractivity contribution in [1.82, 2.24) is 31.4 Å². The summed E-state index contributed by atoms with van der Waals surface area (Å²) >= 11 is 0. The van der Waals surface area contributed by atoms with Gasteiger partial charge in [0.1, 0.15) is 17.7 Å². The predicted molar refractivity (Wildman–Crippen MR) is 167 cm³/mol. The number of carbonyl (C=O) groups is 4. The van der Waals surface area contributed by atoms with Gasteiger partial charge in [0.05, 0.1) is 7.11 Å². The monoisotopic (exact) mass is 612 g/mol. The Kier molecular flexibility index (Phi) is 12.8. The van der Waals surface area contributed by atoms with Crippen molar-refractivity contribution in [1.29, 1.82) is 0 Å². The van der Waals surface area contributed by atoms with Crippen LogP contribution in [0.2, 0.25) is 0 Å². The molecule has 12 heteroatoms. The van der Waals surface area contributed by atoms with Gasteiger partial charge < -0.3 is 25.8 Å². The van der Waals surface area contributed by atoms with Crippen LogP contribution < -0.4 is 21.4 Å². The van der Waals surface area contributed by atoms with E-state index >= 15 is 0 Å². The standard InChI is InChI=1S/C32H48N6O6/c1-30(2,3)24(26(39)33-7)35-28(41)32(43,20-22-12-10-9-11-13-22)16-19-38(21-23-14-17-34-18-15-23)37-27(40)25(31(4,5)6)36-29(42)44-8/h9-15,17-18,24-25,43H,16,19-21H2,1-8H3,(H,33,39)(H,35,41)(H,36,42)(H,37,40)/t24-,25-,32-/m1/s1. The highest BCUT2D eigenvalue weighted by Gasteiger charge is 2.41. The fraction of sp³-hybridized carbons (Fsp3) is 0.531. The minimum atomic E-state index is -1.95. The number of hydrazine groups is 1. The smallest absolute Gasteiger partial charge is 0.407 e. The predicted octanol–water partition coefficient (Wildman–Crippen LogP) is 2.33. The van der Waals surface area contributed by atoms with Crippen LogP contribution in [0.3, 0.4) is 0 Å². The van der Waals surface area contributed by atoms with Gasteiger partial charge in [0.15, 0.2) is 0 Å². The molecule has 0 unspecified atom stereocenters. The first-order valence-corrected chi connectivity index (χ1v) is 14.6. The van der Waals surface area contributed by atoms with E-state index in [1.807, 2.05) is 39.0 Å². The number of carbonyl (C=O) groups excluding carboxylic acids is 4. The number of hydrogen-bond acceptors (Lipinski definition) is 8. The number of methoxy groups -OCH3 is 1. The molecular weight excluding hydrogens is 564 g/mol. The number of hydrogen-bond donors (Lipinski definition) is 5. The quantitative estimate of drug-likeness (QED) is 0.215. The first kappa shape index (κ1) is 36.2. The summed E-state index contributed by atoms with van der Waals surface area (Å²) < 4.78 is 4.73. The molecule has 0 saturated heterocycles. The van der Waals surface area contributed by atoms with E-state index < -0.39 is 46.4 Å². The van der Waals surface area contributed by atoms with Crippen molar-refractivity contribution in [2.75, 3.05) is 20.7 Å². The third-order valence-electron chi connectivity index (χ3n) is 7.17. The molecule has 4 amide bonds. The Balaban J connectivity index is 2.42. The lowest BCUT2D eigenvalue weighted by atomic mass is 9.84. The molecule has 5 N–H and O–H groups in total. The molecule has 2 rings (SSSR count). The maximum atomic E-state index is 13.8. The molecule has 0 aliphatic carbocycles. The molecule has 0 aliphatic heterocycles. The zero-order valence-electron chi connectivity index (χ0n) is 27.1. The van der Waals surface area contributed by atoms with E-state index in [2.05, 4.69) is 26.4 Å². The van der Waals surface area contributed by atoms with Crippen LogP contribution in [0, 0.1) is 10.8 Å². The molecule has 12 nitrogen and oxygen atoms in total. The summed E-state index contributed by atoms with van der Waals surface area (Å²) in [6.07, 6.45) is 2.36. The van der Waals surface area contributed by atoms with Gasteiger partial charge in [0.25, 0.3) is 11.8 Å². The zero-order chi connectivity index (χ0) is 33.1. The van der Waals surface area contributed by atoms with Gasteiger partial charge in [-0.05, 0) is 34.1 Å². The molecule has 1 aromatic heterocycles. The van der Waals surface area contributed by atoms with Crippen LogP contribution in [0.1, 0.15) is 59.1 Å². The zero-order valence-corrected chi connectivity index (χ0v) is 27.1. The van der Waals surface area contributed by atoms with E-state index in [-0.39, 0.29) is 31.8 Å². The number of benzene rings is 1. The molecule has 242 valence electrons. The fourth-order valence-electron chi connectivity index (χ4n) is 4.58. The number of likely N-dealkylation sites (N-methyl/N-ethyl adjacent to an activating group) is 1. The largest absolute Gasteiger partial charge is 0.453 e. The van der Waals surface area contributed by atoms with Crippen molar-refractivity contribution in [2.24, 2.45) is 10.8 Å². The first-order valence-electron chi connectivity index (χ1n) is 14.6. The Bertz CT molecular complexity index is 1250. The van der Waals surface area contributed by atoms with Crippen molar-refractivity contribution in [3.05, 3.63) is 66.0 Å². The summed E-state index contributed by atoms with van der Waals surface area (Å²) in [6, 6.07) is 10.8. The average molecular weight is 613 g/mol. The maximum Gasteiger partial charge on any atom is 0.407 e. The van der Waals surface area contributed by atoms with Crippen molar-refractivity contribution in [3.63, 3.8) is 0 Å². The SMILES string of the molecule is CNC(=O)[C@@H](NC(=O)[C@@](O)(CCN(Cc1ccncc1)NC(=O)[C@@H](NC(=O)OC)C(C)(C)C)Cc1ccccc1)C(C)(C)C. The Morgan fingerprint density at radius 3 is 1.95 bits per heavy atom. The third-order valence-corrected chi connectivity index (χ3v) is 7.17. The number of amides is 4. The van der Waals surface area contributed by atoms with Crippen LogP contribution in [-0.4, -0.2) is 77.3 Å². The summed E-state index contributed by atoms with van der Waals surface area (Å²) in [4.78, 5) is 56.1. The first-order chi connectivity index (χ1) is 20.5. The molecule has 1 aromatic carbocycles. The molecule has 44 heavy (non-hydrogen) atoms. The molecule has 0 spiro atoms. The molecule has 2 aromatic rings. The van der Waals surface area contributed by atoms with E-state index in [4.69, 9.17) is 4.74 Å². The maximum absolute atomic E-state index is 13.8. The van der Waals surface area contributed by atoms with Gasteiger partial charge in [0.2, 0.25) is 5.91 Å². The second-order valence-electron chi connectivity index (χ2n) is 13.0. The Morgan fingerprint density at radius 1 is 0.864 bits per heavy atom. The number of rotatable bonds is 13. The molecule has 0 radical (unpaired) electrons. The molecule has 0 aliphatic rings. The fourth-order valence-corrected chi connectivity index (χ4v) is 4.58. The van der Waals surface area contributed by atoms with Crippen LogP contribution in [0.4, 0.5) is 4.79 Å². The van der Waals surface area contributed by atoms with Gasteiger partial charge in [-0.25, -0.2) is 9.80 Å². The molecule has 0 saturated carbocycles. The number of nitrogens with zero attached hydrogens (tertiary/aromatic N) is 2. The number of ether oxygens (including phenoxy) is 1. The highest BCUT2D eigenvalue weighted by Crippen LogP contribution is 2.24. The number of pyridine rings is 1. The molecule has 3 atom stereocenters. The molecule has 1 heterocycles. The van der Waals surface area contributed by atoms with Crippen molar-refractivity contribution < 1.29 is 29.0 Å². The lowest BCUT2D eigenvalue weighted by Crippen LogP contribution is -2.60. The summed E-state index contributed by atoms with van der Waals surface area (Å²) in [5.74, 6) is -1.59. The van der Waals surface area contributed by atoms with Crippen molar-refractivity contribution in [3.8, 4) is 0 Å². The van der Waals surface area contributed by atoms with E-state index in [1.165, 1.54) is 14.2 Å². The number of alkyl carbamates (subject to hydrolysis) is 1. The van der Waals surface area contributed by atoms with E-state index in [0.717, 1.165) is 11.1 Å². The molecular formula is C32H48N6O6. The average Bonchev–Trinajstić information content (AvgIpc) is 2.96. The highest BCUT2D eigenvalue weighted by molar-refractivity contribution is 5.92. The van der Waals surface area contributed by atoms with Crippen molar-refractivity contribution in [2.45, 2.75) is 78.6 Å². The van der Waals surface area contributed by atoms with Gasteiger partial charge in [-0.1, -0.05) is 71.9 Å². The highest BCUT2D eigenvalue weighted by atomic mass is 16.5. The van der Waals surface area contributed by atoms with E-state index in [9.17, 15) is 24.3 Å². The Morgan fingerprint density at radius 2 is 1.43 bits per heavy atom. The number of nitrogens with one attached hydrogen (secondary N) is 4. The second-order valence-corrected chi connectivity index (χ2v) is 13.0. The third kappa shape index (κ3) is 10.9. The Hall–Kier alpha value is -4.03. The topological polar surface area (TPSA) is 162 Å². The number of aromatic nitrogens is 1. The molecule has 0 fully saturated rings. The second kappa shape index (κ2) is 15.6. The van der Waals surface area contributed by atoms with Crippen LogP contribution in [0.25, 0.3) is 0 Å². The van der Waals surface area contributed by atoms with Crippen molar-refractivity contribution >= 4 is 23.8 Å². The van der Waals surface area contributed by atoms with Crippen LogP contribution >= 0.6 is 0 Å². The van der Waals surface area contributed by atoms with Crippen LogP contribution in [0.5, 0.6) is 0 Å². The van der Waals surface area contributed by atoms with Crippen LogP contribution in [-0.2, 0) is 32.1 Å². The minimum Gasteiger partial charge on any atom is -0.453 e. The van der Waals surface area contributed by atoms with Gasteiger partial charge >= 0.3 is 6.09 Å². The lowest BCUT2D eigenvalue weighted by Gasteiger charge is -2.36. The van der Waals surface area contributed by atoms with Gasteiger partial charge in [-0.15, -0.1) is 0 Å². The minimum absolute atomic E-state index is 0.0319. The summed E-state index contributed by atoms with van der Waals surface area (Å²) in [5, 5.41) is 21.5. The van der Waals surface area contributed by atoms with Gasteiger partial charge in [-0.3, -0.25) is 24.8 Å². The lowest BCUT2D eigenvalue weighted by molar-refractivity contribution is -0.145. The summed E-state index contributed by atoms with van der Waals surface area (Å²) in [7, 11) is 2.71. The van der Waals surface area contributed by atoms with Crippen LogP contribution in [0.15, 0.2) is 54.9 Å². The number of aliphatic hydroxyl groups is 1. The van der Waals surface area contributed by atoms with Gasteiger partial charge in [-0.2, -0.15) is 0 Å². The summed E-state index contributed by atoms with van der Waals surface area (Å²) in [6.45, 7) is 11.1. The normalized spacial score (nSPS) is 14.5. The Labute approximate surface area is 260 Å². The van der Waals surface area contributed by atoms with E-state index in [1.54, 1.807) is 62.4 Å².